The third-order valence-corrected chi connectivity index (χ3v) is 5.24. The second-order valence-electron chi connectivity index (χ2n) is 7.32. The molecule has 3 aromatic carbocycles. The highest BCUT2D eigenvalue weighted by atomic mass is 35.5. The van der Waals surface area contributed by atoms with E-state index in [0.29, 0.717) is 28.2 Å². The zero-order chi connectivity index (χ0) is 25.5. The third-order valence-electron chi connectivity index (χ3n) is 4.74. The number of ether oxygens (including phenoxy) is 1. The highest BCUT2D eigenvalue weighted by Crippen LogP contribution is 2.24. The summed E-state index contributed by atoms with van der Waals surface area (Å²) < 4.78 is 42.3. The second kappa shape index (κ2) is 11.2. The average molecular weight is 531 g/mol. The van der Waals surface area contributed by atoms with Gasteiger partial charge in [-0.3, -0.25) is 0 Å². The zero-order valence-corrected chi connectivity index (χ0v) is 20.0. The topological polar surface area (TPSA) is 76.4 Å². The molecule has 2 N–H and O–H groups in total. The van der Waals surface area contributed by atoms with E-state index < -0.39 is 6.36 Å². The Hall–Kier alpha value is -3.96. The Balaban J connectivity index is 1.30. The maximum Gasteiger partial charge on any atom is 0.573 e. The standard InChI is InChI=1S/C24H18ClF3N6OS/c25-18-5-1-16(2-6-18)13-29-23(36)31-14-30-19-7-3-17(4-8-19)22-32-15-34(33-22)20-9-11-21(12-10-20)35-24(26,27)28/h1-12,14-15H,13H2,(H2,29,30,31,36). The second-order valence-corrected chi connectivity index (χ2v) is 8.14. The number of anilines is 1. The lowest BCUT2D eigenvalue weighted by Crippen LogP contribution is -2.19. The van der Waals surface area contributed by atoms with Gasteiger partial charge in [0.25, 0.3) is 0 Å². The van der Waals surface area contributed by atoms with Gasteiger partial charge in [-0.05, 0) is 78.4 Å². The minimum absolute atomic E-state index is 0.309. The van der Waals surface area contributed by atoms with Gasteiger partial charge in [0.05, 0.1) is 12.0 Å². The smallest absolute Gasteiger partial charge is 0.406 e. The quantitative estimate of drug-likeness (QED) is 0.173. The molecule has 0 saturated carbocycles. The van der Waals surface area contributed by atoms with E-state index in [4.69, 9.17) is 23.8 Å². The van der Waals surface area contributed by atoms with Gasteiger partial charge in [-0.25, -0.2) is 14.7 Å². The Labute approximate surface area is 214 Å². The summed E-state index contributed by atoms with van der Waals surface area (Å²) in [6.07, 6.45) is -1.77. The van der Waals surface area contributed by atoms with Crippen molar-refractivity contribution in [2.75, 3.05) is 5.32 Å². The number of aromatic nitrogens is 3. The van der Waals surface area contributed by atoms with E-state index in [0.717, 1.165) is 16.8 Å². The van der Waals surface area contributed by atoms with Gasteiger partial charge in [-0.1, -0.05) is 23.7 Å². The molecule has 7 nitrogen and oxygen atoms in total. The van der Waals surface area contributed by atoms with Crippen molar-refractivity contribution in [3.8, 4) is 22.8 Å². The molecule has 12 heteroatoms. The molecule has 0 atom stereocenters. The Kier molecular flexibility index (Phi) is 7.81. The number of benzene rings is 3. The fraction of sp³-hybridized carbons (Fsp3) is 0.0833. The Bertz CT molecular complexity index is 1340. The van der Waals surface area contributed by atoms with Crippen LogP contribution in [-0.2, 0) is 6.54 Å². The number of rotatable bonds is 7. The molecule has 0 amide bonds. The Morgan fingerprint density at radius 3 is 2.39 bits per heavy atom. The molecule has 0 bridgehead atoms. The molecule has 0 saturated heterocycles. The molecule has 0 spiro atoms. The maximum atomic E-state index is 12.3. The van der Waals surface area contributed by atoms with Crippen molar-refractivity contribution in [1.29, 1.82) is 0 Å². The highest BCUT2D eigenvalue weighted by molar-refractivity contribution is 7.80. The van der Waals surface area contributed by atoms with Crippen molar-refractivity contribution >= 4 is 41.0 Å². The molecule has 0 aliphatic carbocycles. The van der Waals surface area contributed by atoms with Crippen LogP contribution in [0.3, 0.4) is 0 Å². The van der Waals surface area contributed by atoms with Gasteiger partial charge in [-0.2, -0.15) is 0 Å². The number of nitrogens with zero attached hydrogens (tertiary/aromatic N) is 4. The summed E-state index contributed by atoms with van der Waals surface area (Å²) in [5.74, 6) is 0.148. The van der Waals surface area contributed by atoms with Crippen molar-refractivity contribution in [3.05, 3.63) is 89.7 Å². The molecule has 0 radical (unpaired) electrons. The Morgan fingerprint density at radius 2 is 1.72 bits per heavy atom. The molecule has 1 aromatic heterocycles. The van der Waals surface area contributed by atoms with Crippen LogP contribution in [0.15, 0.2) is 84.1 Å². The van der Waals surface area contributed by atoms with Gasteiger partial charge >= 0.3 is 6.36 Å². The van der Waals surface area contributed by atoms with E-state index in [1.54, 1.807) is 0 Å². The SMILES string of the molecule is FC(F)(F)Oc1ccc(-n2cnc(-c3ccc(NC=NC(=S)NCc4ccc(Cl)cc4)cc3)n2)cc1. The predicted molar refractivity (Wildman–Crippen MR) is 136 cm³/mol. The van der Waals surface area contributed by atoms with Crippen LogP contribution in [-0.4, -0.2) is 32.6 Å². The molecule has 0 unspecified atom stereocenters. The van der Waals surface area contributed by atoms with Crippen LogP contribution in [0.25, 0.3) is 17.1 Å². The van der Waals surface area contributed by atoms with Crippen LogP contribution >= 0.6 is 23.8 Å². The number of nitrogens with one attached hydrogen (secondary N) is 2. The van der Waals surface area contributed by atoms with Crippen LogP contribution in [0.2, 0.25) is 5.02 Å². The van der Waals surface area contributed by atoms with Gasteiger partial charge in [-0.15, -0.1) is 18.3 Å². The monoisotopic (exact) mass is 530 g/mol. The van der Waals surface area contributed by atoms with Crippen molar-refractivity contribution in [1.82, 2.24) is 20.1 Å². The molecule has 0 aliphatic rings. The molecule has 0 fully saturated rings. The molecule has 36 heavy (non-hydrogen) atoms. The minimum atomic E-state index is -4.74. The molecule has 4 rings (SSSR count). The first kappa shape index (κ1) is 25.1. The van der Waals surface area contributed by atoms with E-state index in [1.807, 2.05) is 48.5 Å². The fourth-order valence-corrected chi connectivity index (χ4v) is 3.28. The minimum Gasteiger partial charge on any atom is -0.406 e. The van der Waals surface area contributed by atoms with Gasteiger partial charge in [0.1, 0.15) is 12.1 Å². The van der Waals surface area contributed by atoms with Crippen LogP contribution < -0.4 is 15.4 Å². The van der Waals surface area contributed by atoms with Gasteiger partial charge < -0.3 is 15.4 Å². The number of hydrogen-bond donors (Lipinski definition) is 2. The van der Waals surface area contributed by atoms with Gasteiger partial charge in [0.15, 0.2) is 10.9 Å². The summed E-state index contributed by atoms with van der Waals surface area (Å²) in [5, 5.41) is 11.5. The van der Waals surface area contributed by atoms with E-state index in [9.17, 15) is 13.2 Å². The van der Waals surface area contributed by atoms with Crippen LogP contribution in [0.1, 0.15) is 5.56 Å². The van der Waals surface area contributed by atoms with E-state index in [1.165, 1.54) is 41.6 Å². The van der Waals surface area contributed by atoms with E-state index in [-0.39, 0.29) is 5.75 Å². The van der Waals surface area contributed by atoms with Crippen molar-refractivity contribution < 1.29 is 17.9 Å². The first-order valence-electron chi connectivity index (χ1n) is 10.4. The van der Waals surface area contributed by atoms with Crippen LogP contribution in [0.4, 0.5) is 18.9 Å². The number of thiocarbonyl (C=S) groups is 1. The molecule has 0 aliphatic heterocycles. The number of halogens is 4. The zero-order valence-electron chi connectivity index (χ0n) is 18.4. The molecular weight excluding hydrogens is 513 g/mol. The maximum absolute atomic E-state index is 12.3. The molecular formula is C24H18ClF3N6OS. The molecule has 4 aromatic rings. The summed E-state index contributed by atoms with van der Waals surface area (Å²) in [6.45, 7) is 0.535. The number of hydrogen-bond acceptors (Lipinski definition) is 4. The van der Waals surface area contributed by atoms with Crippen molar-refractivity contribution in [2.24, 2.45) is 4.99 Å². The number of alkyl halides is 3. The number of aliphatic imine (C=N–C) groups is 1. The van der Waals surface area contributed by atoms with Crippen molar-refractivity contribution in [2.45, 2.75) is 12.9 Å². The summed E-state index contributed by atoms with van der Waals surface area (Å²) in [6, 6.07) is 20.1. The largest absolute Gasteiger partial charge is 0.573 e. The highest BCUT2D eigenvalue weighted by Gasteiger charge is 2.31. The summed E-state index contributed by atoms with van der Waals surface area (Å²) in [5.41, 5.74) is 3.11. The fourth-order valence-electron chi connectivity index (χ4n) is 3.03. The van der Waals surface area contributed by atoms with Gasteiger partial charge in [0, 0.05) is 22.8 Å². The average Bonchev–Trinajstić information content (AvgIpc) is 3.34. The first-order chi connectivity index (χ1) is 17.2. The van der Waals surface area contributed by atoms with Crippen LogP contribution in [0.5, 0.6) is 5.75 Å². The lowest BCUT2D eigenvalue weighted by atomic mass is 10.2. The van der Waals surface area contributed by atoms with Crippen molar-refractivity contribution in [3.63, 3.8) is 0 Å². The Morgan fingerprint density at radius 1 is 1.03 bits per heavy atom. The predicted octanol–water partition coefficient (Wildman–Crippen LogP) is 6.00. The lowest BCUT2D eigenvalue weighted by molar-refractivity contribution is -0.274. The summed E-state index contributed by atoms with van der Waals surface area (Å²) in [4.78, 5) is 8.43. The van der Waals surface area contributed by atoms with E-state index in [2.05, 4.69) is 30.4 Å². The summed E-state index contributed by atoms with van der Waals surface area (Å²) >= 11 is 11.1. The van der Waals surface area contributed by atoms with E-state index >= 15 is 0 Å². The van der Waals surface area contributed by atoms with Gasteiger partial charge in [0.2, 0.25) is 0 Å². The van der Waals surface area contributed by atoms with Crippen LogP contribution in [0, 0.1) is 0 Å². The third kappa shape index (κ3) is 7.27. The molecule has 184 valence electrons. The molecule has 1 heterocycles. The lowest BCUT2D eigenvalue weighted by Gasteiger charge is -2.09. The first-order valence-corrected chi connectivity index (χ1v) is 11.2. The normalized spacial score (nSPS) is 11.4. The summed E-state index contributed by atoms with van der Waals surface area (Å²) in [7, 11) is 0.